The Hall–Kier alpha value is -1.94. The number of carbonyl (C=O) groups is 4. The van der Waals surface area contributed by atoms with Crippen molar-refractivity contribution in [3.8, 4) is 0 Å². The minimum Gasteiger partial charge on any atom is -0.462 e. The SMILES string of the molecule is CCCCCCCCCCCCC(=O)O[C@H](COC(=O)CCCCCCCCC(C)C)COP(=O)(O)OC[C@H](O)COP(=O)(O)OC[C@@H](COC(=O)CCCCCCCCCCC(C)CC)OC(=O)CCCCCCCCCCCCCCCC(C)C. The number of hydrogen-bond donors (Lipinski definition) is 3. The van der Waals surface area contributed by atoms with Crippen molar-refractivity contribution >= 4 is 39.5 Å². The summed E-state index contributed by atoms with van der Waals surface area (Å²) in [6.07, 6.45) is 41.7. The molecule has 0 radical (unpaired) electrons. The second kappa shape index (κ2) is 59.1. The topological polar surface area (TPSA) is 237 Å². The fraction of sp³-hybridized carbons (Fsp3) is 0.941. The van der Waals surface area contributed by atoms with E-state index < -0.39 is 97.5 Å². The molecule has 0 saturated heterocycles. The molecule has 87 heavy (non-hydrogen) atoms. The third-order valence-electron chi connectivity index (χ3n) is 16.0. The molecule has 516 valence electrons. The Kier molecular flexibility index (Phi) is 57.8. The molecule has 0 amide bonds. The van der Waals surface area contributed by atoms with Gasteiger partial charge in [0.1, 0.15) is 19.3 Å². The highest BCUT2D eigenvalue weighted by Gasteiger charge is 2.30. The molecule has 0 aliphatic heterocycles. The van der Waals surface area contributed by atoms with Crippen LogP contribution in [0.5, 0.6) is 0 Å². The van der Waals surface area contributed by atoms with Gasteiger partial charge in [-0.25, -0.2) is 9.13 Å². The van der Waals surface area contributed by atoms with E-state index in [0.29, 0.717) is 31.6 Å². The lowest BCUT2D eigenvalue weighted by molar-refractivity contribution is -0.161. The van der Waals surface area contributed by atoms with Gasteiger partial charge in [-0.2, -0.15) is 0 Å². The largest absolute Gasteiger partial charge is 0.472 e. The Morgan fingerprint density at radius 1 is 0.333 bits per heavy atom. The van der Waals surface area contributed by atoms with Gasteiger partial charge in [0.25, 0.3) is 0 Å². The minimum absolute atomic E-state index is 0.105. The molecule has 0 heterocycles. The Balaban J connectivity index is 5.24. The van der Waals surface area contributed by atoms with Crippen molar-refractivity contribution in [2.24, 2.45) is 17.8 Å². The first-order valence-electron chi connectivity index (χ1n) is 35.4. The van der Waals surface area contributed by atoms with Gasteiger partial charge >= 0.3 is 39.5 Å². The Morgan fingerprint density at radius 2 is 0.586 bits per heavy atom. The van der Waals surface area contributed by atoms with E-state index >= 15 is 0 Å². The van der Waals surface area contributed by atoms with Crippen molar-refractivity contribution in [3.63, 3.8) is 0 Å². The average molecular weight is 1280 g/mol. The van der Waals surface area contributed by atoms with Crippen LogP contribution in [0.4, 0.5) is 0 Å². The fourth-order valence-corrected chi connectivity index (χ4v) is 11.7. The molecule has 0 aliphatic rings. The molecule has 6 atom stereocenters. The van der Waals surface area contributed by atoms with Crippen LogP contribution in [0.1, 0.15) is 337 Å². The normalized spacial score (nSPS) is 14.6. The van der Waals surface area contributed by atoms with Crippen LogP contribution in [0.15, 0.2) is 0 Å². The lowest BCUT2D eigenvalue weighted by atomic mass is 9.99. The highest BCUT2D eigenvalue weighted by molar-refractivity contribution is 7.47. The number of carbonyl (C=O) groups excluding carboxylic acids is 4. The Morgan fingerprint density at radius 3 is 0.874 bits per heavy atom. The number of esters is 4. The van der Waals surface area contributed by atoms with Gasteiger partial charge in [-0.15, -0.1) is 0 Å². The molecule has 0 aliphatic carbocycles. The number of aliphatic hydroxyl groups excluding tert-OH is 1. The number of aliphatic hydroxyl groups is 1. The predicted molar refractivity (Wildman–Crippen MR) is 349 cm³/mol. The summed E-state index contributed by atoms with van der Waals surface area (Å²) in [5, 5.41) is 10.6. The van der Waals surface area contributed by atoms with Crippen LogP contribution in [-0.4, -0.2) is 96.7 Å². The molecule has 17 nitrogen and oxygen atoms in total. The van der Waals surface area contributed by atoms with Gasteiger partial charge in [-0.05, 0) is 43.4 Å². The molecule has 0 bridgehead atoms. The first kappa shape index (κ1) is 85.1. The van der Waals surface area contributed by atoms with E-state index in [1.165, 1.54) is 141 Å². The van der Waals surface area contributed by atoms with Crippen molar-refractivity contribution < 1.29 is 80.2 Å². The maximum Gasteiger partial charge on any atom is 0.472 e. The highest BCUT2D eigenvalue weighted by atomic mass is 31.2. The van der Waals surface area contributed by atoms with E-state index in [-0.39, 0.29) is 25.7 Å². The first-order chi connectivity index (χ1) is 41.8. The molecule has 19 heteroatoms. The molecular formula is C68H132O17P2. The van der Waals surface area contributed by atoms with Gasteiger partial charge in [0.15, 0.2) is 12.2 Å². The Labute approximate surface area is 530 Å². The predicted octanol–water partition coefficient (Wildman–Crippen LogP) is 19.1. The summed E-state index contributed by atoms with van der Waals surface area (Å²) in [5.74, 6) is 0.113. The maximum absolute atomic E-state index is 13.0. The lowest BCUT2D eigenvalue weighted by Crippen LogP contribution is -2.30. The summed E-state index contributed by atoms with van der Waals surface area (Å²) in [7, 11) is -9.89. The van der Waals surface area contributed by atoms with Gasteiger partial charge in [0.05, 0.1) is 26.4 Å². The van der Waals surface area contributed by atoms with Crippen LogP contribution >= 0.6 is 15.6 Å². The van der Waals surface area contributed by atoms with Crippen LogP contribution in [0.25, 0.3) is 0 Å². The minimum atomic E-state index is -4.95. The summed E-state index contributed by atoms with van der Waals surface area (Å²) in [6, 6.07) is 0. The van der Waals surface area contributed by atoms with Crippen molar-refractivity contribution in [2.45, 2.75) is 356 Å². The van der Waals surface area contributed by atoms with Crippen LogP contribution in [-0.2, 0) is 65.4 Å². The highest BCUT2D eigenvalue weighted by Crippen LogP contribution is 2.45. The number of unbranched alkanes of at least 4 members (excludes halogenated alkanes) is 33. The third-order valence-corrected chi connectivity index (χ3v) is 17.9. The van der Waals surface area contributed by atoms with E-state index in [1.807, 2.05) is 0 Å². The quantitative estimate of drug-likeness (QED) is 0.0222. The van der Waals surface area contributed by atoms with Crippen molar-refractivity contribution in [1.82, 2.24) is 0 Å². The monoisotopic (exact) mass is 1280 g/mol. The molecule has 0 aromatic heterocycles. The molecule has 0 saturated carbocycles. The molecule has 0 rings (SSSR count). The summed E-state index contributed by atoms with van der Waals surface area (Å²) in [5.41, 5.74) is 0. The van der Waals surface area contributed by atoms with Gasteiger partial charge in [0, 0.05) is 25.7 Å². The van der Waals surface area contributed by atoms with Crippen molar-refractivity contribution in [3.05, 3.63) is 0 Å². The molecule has 3 unspecified atom stereocenters. The van der Waals surface area contributed by atoms with E-state index in [9.17, 15) is 43.2 Å². The third kappa shape index (κ3) is 61.3. The van der Waals surface area contributed by atoms with E-state index in [0.717, 1.165) is 108 Å². The van der Waals surface area contributed by atoms with E-state index in [4.69, 9.17) is 37.0 Å². The summed E-state index contributed by atoms with van der Waals surface area (Å²) < 4.78 is 68.1. The zero-order valence-electron chi connectivity index (χ0n) is 56.5. The number of ether oxygens (including phenoxy) is 4. The summed E-state index contributed by atoms with van der Waals surface area (Å²) in [4.78, 5) is 72.4. The standard InChI is InChI=1S/C68H132O17P2/c1-8-10-11-12-13-14-21-28-37-44-51-67(72)85-64(56-79-66(71)50-43-36-31-30-33-40-47-60(5)6)58-83-87(76,77)81-54-62(69)53-80-86(74,75)82-57-63(55-78-65(70)49-42-35-27-24-23-26-34-41-48-61(7)9-2)84-68(73)52-45-38-29-22-19-17-15-16-18-20-25-32-39-46-59(3)4/h59-64,69H,8-58H2,1-7H3,(H,74,75)(H,76,77)/t61?,62-,63-,64-/m1/s1. The van der Waals surface area contributed by atoms with Crippen LogP contribution in [0, 0.1) is 17.8 Å². The first-order valence-corrected chi connectivity index (χ1v) is 38.4. The number of rotatable bonds is 66. The van der Waals surface area contributed by atoms with Gasteiger partial charge in [0.2, 0.25) is 0 Å². The second-order valence-corrected chi connectivity index (χ2v) is 28.7. The maximum atomic E-state index is 13.0. The van der Waals surface area contributed by atoms with Crippen molar-refractivity contribution in [1.29, 1.82) is 0 Å². The molecule has 0 aromatic carbocycles. The lowest BCUT2D eigenvalue weighted by Gasteiger charge is -2.21. The number of phosphoric acid groups is 2. The molecule has 0 fully saturated rings. The fourth-order valence-electron chi connectivity index (χ4n) is 10.2. The Bertz CT molecular complexity index is 1720. The van der Waals surface area contributed by atoms with Gasteiger partial charge in [-0.3, -0.25) is 37.3 Å². The van der Waals surface area contributed by atoms with Crippen molar-refractivity contribution in [2.75, 3.05) is 39.6 Å². The zero-order valence-corrected chi connectivity index (χ0v) is 58.3. The number of phosphoric ester groups is 2. The van der Waals surface area contributed by atoms with E-state index in [2.05, 4.69) is 48.5 Å². The molecule has 3 N–H and O–H groups in total. The zero-order chi connectivity index (χ0) is 64.5. The van der Waals surface area contributed by atoms with Crippen LogP contribution in [0.2, 0.25) is 0 Å². The second-order valence-electron chi connectivity index (χ2n) is 25.8. The summed E-state index contributed by atoms with van der Waals surface area (Å²) in [6.45, 7) is 11.8. The van der Waals surface area contributed by atoms with Crippen LogP contribution in [0.3, 0.4) is 0 Å². The van der Waals surface area contributed by atoms with Gasteiger partial charge in [-0.1, -0.05) is 286 Å². The number of hydrogen-bond acceptors (Lipinski definition) is 15. The smallest absolute Gasteiger partial charge is 0.462 e. The average Bonchev–Trinajstić information content (AvgIpc) is 3.69. The summed E-state index contributed by atoms with van der Waals surface area (Å²) >= 11 is 0. The molecule has 0 spiro atoms. The van der Waals surface area contributed by atoms with Gasteiger partial charge < -0.3 is 33.8 Å². The van der Waals surface area contributed by atoms with E-state index in [1.54, 1.807) is 0 Å². The molecule has 0 aromatic rings. The molecular weight excluding hydrogens is 1150 g/mol. The van der Waals surface area contributed by atoms with Crippen LogP contribution < -0.4 is 0 Å².